The van der Waals surface area contributed by atoms with Gasteiger partial charge in [0.1, 0.15) is 5.51 Å². The van der Waals surface area contributed by atoms with Crippen molar-refractivity contribution in [1.82, 2.24) is 15.5 Å². The van der Waals surface area contributed by atoms with Crippen molar-refractivity contribution in [3.8, 4) is 0 Å². The van der Waals surface area contributed by atoms with E-state index in [0.29, 0.717) is 10.7 Å². The van der Waals surface area contributed by atoms with Crippen LogP contribution in [0.15, 0.2) is 35.8 Å². The highest BCUT2D eigenvalue weighted by atomic mass is 32.1. The van der Waals surface area contributed by atoms with Gasteiger partial charge in [-0.1, -0.05) is 29.5 Å². The molecule has 0 fully saturated rings. The van der Waals surface area contributed by atoms with Crippen LogP contribution in [-0.2, 0) is 0 Å². The SMILES string of the molecule is O=C(NC(=O)c1ccccc1)Nc1nncs1. The first-order valence-electron chi connectivity index (χ1n) is 4.69. The number of urea groups is 1. The molecular formula is C10H8N4O2S. The van der Waals surface area contributed by atoms with E-state index < -0.39 is 11.9 Å². The smallest absolute Gasteiger partial charge is 0.282 e. The number of rotatable bonds is 2. The molecule has 1 heterocycles. The number of anilines is 1. The van der Waals surface area contributed by atoms with Crippen LogP contribution in [0.3, 0.4) is 0 Å². The van der Waals surface area contributed by atoms with Crippen molar-refractivity contribution >= 4 is 28.4 Å². The van der Waals surface area contributed by atoms with Crippen LogP contribution in [0.5, 0.6) is 0 Å². The molecule has 0 radical (unpaired) electrons. The fourth-order valence-electron chi connectivity index (χ4n) is 1.12. The topological polar surface area (TPSA) is 84.0 Å². The van der Waals surface area contributed by atoms with Gasteiger partial charge in [0, 0.05) is 5.56 Å². The van der Waals surface area contributed by atoms with Gasteiger partial charge in [0.2, 0.25) is 5.13 Å². The molecule has 6 nitrogen and oxygen atoms in total. The maximum Gasteiger partial charge on any atom is 0.328 e. The van der Waals surface area contributed by atoms with Crippen LogP contribution in [0.4, 0.5) is 9.93 Å². The number of hydrogen-bond donors (Lipinski definition) is 2. The number of aromatic nitrogens is 2. The van der Waals surface area contributed by atoms with Crippen molar-refractivity contribution in [3.05, 3.63) is 41.4 Å². The summed E-state index contributed by atoms with van der Waals surface area (Å²) in [7, 11) is 0. The molecule has 86 valence electrons. The number of amides is 3. The van der Waals surface area contributed by atoms with Gasteiger partial charge in [0.15, 0.2) is 0 Å². The molecule has 2 rings (SSSR count). The van der Waals surface area contributed by atoms with Crippen molar-refractivity contribution in [1.29, 1.82) is 0 Å². The summed E-state index contributed by atoms with van der Waals surface area (Å²) in [4.78, 5) is 23.0. The van der Waals surface area contributed by atoms with Gasteiger partial charge in [0.25, 0.3) is 5.91 Å². The van der Waals surface area contributed by atoms with E-state index in [1.165, 1.54) is 16.8 Å². The second-order valence-corrected chi connectivity index (χ2v) is 3.85. The molecular weight excluding hydrogens is 240 g/mol. The average molecular weight is 248 g/mol. The summed E-state index contributed by atoms with van der Waals surface area (Å²) in [5.41, 5.74) is 1.90. The molecule has 0 aliphatic carbocycles. The standard InChI is InChI=1S/C10H8N4O2S/c15-8(7-4-2-1-3-5-7)12-9(16)13-10-14-11-6-17-10/h1-6H,(H2,12,13,14,15,16). The van der Waals surface area contributed by atoms with Gasteiger partial charge in [-0.3, -0.25) is 15.4 Å². The normalized spacial score (nSPS) is 9.65. The van der Waals surface area contributed by atoms with Gasteiger partial charge in [-0.05, 0) is 12.1 Å². The van der Waals surface area contributed by atoms with Crippen molar-refractivity contribution in [2.24, 2.45) is 0 Å². The molecule has 0 saturated heterocycles. The molecule has 2 aromatic rings. The van der Waals surface area contributed by atoms with Crippen LogP contribution >= 0.6 is 11.3 Å². The van der Waals surface area contributed by atoms with Crippen LogP contribution in [0, 0.1) is 0 Å². The fourth-order valence-corrected chi connectivity index (χ4v) is 1.56. The molecule has 0 saturated carbocycles. The van der Waals surface area contributed by atoms with E-state index in [9.17, 15) is 9.59 Å². The predicted octanol–water partition coefficient (Wildman–Crippen LogP) is 1.50. The number of imide groups is 1. The quantitative estimate of drug-likeness (QED) is 0.843. The lowest BCUT2D eigenvalue weighted by Crippen LogP contribution is -2.34. The van der Waals surface area contributed by atoms with Crippen LogP contribution < -0.4 is 10.6 Å². The van der Waals surface area contributed by atoms with Crippen LogP contribution in [-0.4, -0.2) is 22.1 Å². The molecule has 0 unspecified atom stereocenters. The van der Waals surface area contributed by atoms with Crippen molar-refractivity contribution in [3.63, 3.8) is 0 Å². The first-order valence-corrected chi connectivity index (χ1v) is 5.57. The van der Waals surface area contributed by atoms with Gasteiger partial charge in [0.05, 0.1) is 0 Å². The highest BCUT2D eigenvalue weighted by Crippen LogP contribution is 2.07. The van der Waals surface area contributed by atoms with E-state index in [1.54, 1.807) is 30.3 Å². The first-order chi connectivity index (χ1) is 8.25. The third kappa shape index (κ3) is 3.08. The minimum Gasteiger partial charge on any atom is -0.282 e. The summed E-state index contributed by atoms with van der Waals surface area (Å²) in [6.45, 7) is 0. The zero-order valence-corrected chi connectivity index (χ0v) is 9.40. The van der Waals surface area contributed by atoms with Crippen LogP contribution in [0.1, 0.15) is 10.4 Å². The lowest BCUT2D eigenvalue weighted by Gasteiger charge is -2.03. The molecule has 1 aromatic carbocycles. The Balaban J connectivity index is 1.93. The van der Waals surface area contributed by atoms with Crippen molar-refractivity contribution in [2.45, 2.75) is 0 Å². The summed E-state index contributed by atoms with van der Waals surface area (Å²) in [5, 5.41) is 12.1. The predicted molar refractivity (Wildman–Crippen MR) is 62.8 cm³/mol. The summed E-state index contributed by atoms with van der Waals surface area (Å²) >= 11 is 1.17. The van der Waals surface area contributed by atoms with E-state index in [-0.39, 0.29) is 0 Å². The molecule has 0 aliphatic rings. The Morgan fingerprint density at radius 2 is 1.94 bits per heavy atom. The third-order valence-electron chi connectivity index (χ3n) is 1.84. The maximum atomic E-state index is 11.6. The van der Waals surface area contributed by atoms with Crippen molar-refractivity contribution < 1.29 is 9.59 Å². The second kappa shape index (κ2) is 5.17. The van der Waals surface area contributed by atoms with Crippen LogP contribution in [0.2, 0.25) is 0 Å². The lowest BCUT2D eigenvalue weighted by molar-refractivity contribution is 0.0967. The van der Waals surface area contributed by atoms with Crippen LogP contribution in [0.25, 0.3) is 0 Å². The highest BCUT2D eigenvalue weighted by molar-refractivity contribution is 7.13. The minimum atomic E-state index is -0.629. The molecule has 1 aromatic heterocycles. The van der Waals surface area contributed by atoms with E-state index in [0.717, 1.165) is 0 Å². The zero-order valence-electron chi connectivity index (χ0n) is 8.58. The number of nitrogens with one attached hydrogen (secondary N) is 2. The number of nitrogens with zero attached hydrogens (tertiary/aromatic N) is 2. The monoisotopic (exact) mass is 248 g/mol. The molecule has 0 aliphatic heterocycles. The first kappa shape index (κ1) is 11.2. The van der Waals surface area contributed by atoms with E-state index in [2.05, 4.69) is 20.8 Å². The number of hydrogen-bond acceptors (Lipinski definition) is 5. The highest BCUT2D eigenvalue weighted by Gasteiger charge is 2.10. The van der Waals surface area contributed by atoms with Gasteiger partial charge in [-0.2, -0.15) is 0 Å². The summed E-state index contributed by atoms with van der Waals surface area (Å²) in [6, 6.07) is 7.84. The second-order valence-electron chi connectivity index (χ2n) is 3.02. The van der Waals surface area contributed by atoms with Gasteiger partial charge >= 0.3 is 6.03 Å². The van der Waals surface area contributed by atoms with Gasteiger partial charge in [-0.15, -0.1) is 10.2 Å². The lowest BCUT2D eigenvalue weighted by atomic mass is 10.2. The Labute approximate surface area is 101 Å². The van der Waals surface area contributed by atoms with Gasteiger partial charge in [-0.25, -0.2) is 4.79 Å². The van der Waals surface area contributed by atoms with Gasteiger partial charge < -0.3 is 0 Å². The van der Waals surface area contributed by atoms with Crippen molar-refractivity contribution in [2.75, 3.05) is 5.32 Å². The maximum absolute atomic E-state index is 11.6. The third-order valence-corrected chi connectivity index (χ3v) is 2.45. The molecule has 0 spiro atoms. The Bertz CT molecular complexity index is 512. The van der Waals surface area contributed by atoms with E-state index >= 15 is 0 Å². The molecule has 2 N–H and O–H groups in total. The fraction of sp³-hybridized carbons (Fsp3) is 0. The van der Waals surface area contributed by atoms with E-state index in [4.69, 9.17) is 0 Å². The molecule has 7 heteroatoms. The zero-order chi connectivity index (χ0) is 12.1. The Morgan fingerprint density at radius 3 is 2.59 bits per heavy atom. The molecule has 17 heavy (non-hydrogen) atoms. The average Bonchev–Trinajstić information content (AvgIpc) is 2.82. The summed E-state index contributed by atoms with van der Waals surface area (Å²) in [6.07, 6.45) is 0. The Morgan fingerprint density at radius 1 is 1.18 bits per heavy atom. The summed E-state index contributed by atoms with van der Waals surface area (Å²) in [5.74, 6) is -0.465. The molecule has 3 amide bonds. The minimum absolute atomic E-state index is 0.336. The Hall–Kier alpha value is -2.28. The molecule has 0 bridgehead atoms. The van der Waals surface area contributed by atoms with E-state index in [1.807, 2.05) is 0 Å². The molecule has 0 atom stereocenters. The number of benzene rings is 1. The number of carbonyl (C=O) groups is 2. The number of carbonyl (C=O) groups excluding carboxylic acids is 2. The Kier molecular flexibility index (Phi) is 3.41. The largest absolute Gasteiger partial charge is 0.328 e. The summed E-state index contributed by atoms with van der Waals surface area (Å²) < 4.78 is 0.